The molecule has 1 atom stereocenters. The summed E-state index contributed by atoms with van der Waals surface area (Å²) in [4.78, 5) is 12.0. The van der Waals surface area contributed by atoms with Gasteiger partial charge in [0.25, 0.3) is 5.91 Å². The van der Waals surface area contributed by atoms with Crippen LogP contribution in [0.3, 0.4) is 0 Å². The van der Waals surface area contributed by atoms with Crippen LogP contribution in [0.5, 0.6) is 5.75 Å². The van der Waals surface area contributed by atoms with Gasteiger partial charge in [-0.3, -0.25) is 4.79 Å². The highest BCUT2D eigenvalue weighted by Gasteiger charge is 2.19. The van der Waals surface area contributed by atoms with E-state index < -0.39 is 0 Å². The Kier molecular flexibility index (Phi) is 3.78. The third-order valence-corrected chi connectivity index (χ3v) is 4.72. The van der Waals surface area contributed by atoms with Crippen molar-refractivity contribution in [1.29, 1.82) is 0 Å². The lowest BCUT2D eigenvalue weighted by atomic mass is 9.99. The molecule has 4 nitrogen and oxygen atoms in total. The fourth-order valence-electron chi connectivity index (χ4n) is 2.14. The largest absolute Gasteiger partial charge is 0.491 e. The van der Waals surface area contributed by atoms with Gasteiger partial charge in [0.2, 0.25) is 0 Å². The summed E-state index contributed by atoms with van der Waals surface area (Å²) in [5.41, 5.74) is 8.73. The number of nitrogens with two attached hydrogens (primary N) is 1. The van der Waals surface area contributed by atoms with Crippen molar-refractivity contribution in [1.82, 2.24) is 5.32 Å². The Bertz CT molecular complexity index is 656. The third-order valence-electron chi connectivity index (χ3n) is 3.20. The van der Waals surface area contributed by atoms with Crippen molar-refractivity contribution >= 4 is 33.2 Å². The molecule has 104 valence electrons. The molecular weight excluding hydrogens is 340 g/mol. The second-order valence-corrected chi connectivity index (χ2v) is 6.81. The number of carbonyl (C=O) groups excluding carboxylic acids is 1. The number of benzene rings is 1. The highest BCUT2D eigenvalue weighted by molar-refractivity contribution is 9.11. The maximum Gasteiger partial charge on any atom is 0.255 e. The fourth-order valence-corrected chi connectivity index (χ4v) is 3.36. The molecule has 1 aromatic heterocycles. The lowest BCUT2D eigenvalue weighted by Crippen LogP contribution is -2.24. The van der Waals surface area contributed by atoms with Crippen molar-refractivity contribution in [2.45, 2.75) is 6.04 Å². The van der Waals surface area contributed by atoms with Gasteiger partial charge in [-0.25, -0.2) is 0 Å². The molecule has 1 aliphatic heterocycles. The lowest BCUT2D eigenvalue weighted by Gasteiger charge is -2.13. The summed E-state index contributed by atoms with van der Waals surface area (Å²) < 4.78 is 6.57. The Hall–Kier alpha value is -1.37. The quantitative estimate of drug-likeness (QED) is 0.873. The standard InChI is InChI=1S/C14H13BrN2O2S/c15-12-6-9(7-20-12)13(16)8-1-2-11-10(5-8)14(18)17-3-4-19-11/h1-2,5-7,13H,3-4,16H2,(H,17,18). The second kappa shape index (κ2) is 5.55. The van der Waals surface area contributed by atoms with Gasteiger partial charge in [-0.05, 0) is 50.6 Å². The van der Waals surface area contributed by atoms with Crippen molar-refractivity contribution in [3.63, 3.8) is 0 Å². The fraction of sp³-hybridized carbons (Fsp3) is 0.214. The molecule has 20 heavy (non-hydrogen) atoms. The molecule has 6 heteroatoms. The summed E-state index contributed by atoms with van der Waals surface area (Å²) in [6, 6.07) is 7.29. The van der Waals surface area contributed by atoms with Crippen LogP contribution < -0.4 is 15.8 Å². The zero-order chi connectivity index (χ0) is 14.1. The molecule has 0 aliphatic carbocycles. The topological polar surface area (TPSA) is 64.4 Å². The van der Waals surface area contributed by atoms with E-state index >= 15 is 0 Å². The van der Waals surface area contributed by atoms with E-state index in [0.717, 1.165) is 14.9 Å². The first kappa shape index (κ1) is 13.6. The normalized spacial score (nSPS) is 15.8. The van der Waals surface area contributed by atoms with Gasteiger partial charge in [-0.2, -0.15) is 0 Å². The average molecular weight is 353 g/mol. The van der Waals surface area contributed by atoms with E-state index in [9.17, 15) is 4.79 Å². The van der Waals surface area contributed by atoms with Crippen LogP contribution in [-0.4, -0.2) is 19.1 Å². The van der Waals surface area contributed by atoms with E-state index in [1.807, 2.05) is 29.6 Å². The Balaban J connectivity index is 1.97. The van der Waals surface area contributed by atoms with Gasteiger partial charge in [0.15, 0.2) is 0 Å². The van der Waals surface area contributed by atoms with Crippen molar-refractivity contribution in [3.05, 3.63) is 50.1 Å². The molecule has 0 radical (unpaired) electrons. The Morgan fingerprint density at radius 1 is 1.35 bits per heavy atom. The lowest BCUT2D eigenvalue weighted by molar-refractivity contribution is 0.0957. The van der Waals surface area contributed by atoms with E-state index in [1.54, 1.807) is 11.3 Å². The molecule has 0 saturated carbocycles. The zero-order valence-corrected chi connectivity index (χ0v) is 13.0. The number of halogens is 1. The van der Waals surface area contributed by atoms with Crippen molar-refractivity contribution in [2.24, 2.45) is 5.73 Å². The van der Waals surface area contributed by atoms with Gasteiger partial charge < -0.3 is 15.8 Å². The van der Waals surface area contributed by atoms with Gasteiger partial charge in [0.05, 0.1) is 21.9 Å². The number of amides is 1. The molecule has 0 saturated heterocycles. The van der Waals surface area contributed by atoms with Gasteiger partial charge in [0.1, 0.15) is 12.4 Å². The molecule has 0 fully saturated rings. The van der Waals surface area contributed by atoms with E-state index in [2.05, 4.69) is 21.2 Å². The number of thiophene rings is 1. The summed E-state index contributed by atoms with van der Waals surface area (Å²) in [6.45, 7) is 1.01. The Labute approximate surface area is 129 Å². The molecule has 0 bridgehead atoms. The van der Waals surface area contributed by atoms with Crippen LogP contribution in [0.25, 0.3) is 0 Å². The second-order valence-electron chi connectivity index (χ2n) is 4.52. The van der Waals surface area contributed by atoms with E-state index in [1.165, 1.54) is 0 Å². The Morgan fingerprint density at radius 2 is 2.20 bits per heavy atom. The monoisotopic (exact) mass is 352 g/mol. The molecule has 1 aromatic carbocycles. The predicted molar refractivity (Wildman–Crippen MR) is 82.3 cm³/mol. The van der Waals surface area contributed by atoms with Crippen LogP contribution in [0.1, 0.15) is 27.5 Å². The molecule has 1 aliphatic rings. The maximum absolute atomic E-state index is 12.0. The molecule has 2 heterocycles. The molecule has 3 N–H and O–H groups in total. The van der Waals surface area contributed by atoms with Gasteiger partial charge in [0, 0.05) is 0 Å². The summed E-state index contributed by atoms with van der Waals surface area (Å²) in [5, 5.41) is 4.81. The molecule has 1 unspecified atom stereocenters. The zero-order valence-electron chi connectivity index (χ0n) is 10.6. The first-order chi connectivity index (χ1) is 9.65. The molecule has 0 spiro atoms. The minimum Gasteiger partial charge on any atom is -0.491 e. The van der Waals surface area contributed by atoms with Gasteiger partial charge >= 0.3 is 0 Å². The van der Waals surface area contributed by atoms with Crippen LogP contribution >= 0.6 is 27.3 Å². The number of hydrogen-bond donors (Lipinski definition) is 2. The van der Waals surface area contributed by atoms with Crippen LogP contribution in [0.2, 0.25) is 0 Å². The maximum atomic E-state index is 12.0. The van der Waals surface area contributed by atoms with Crippen molar-refractivity contribution in [2.75, 3.05) is 13.2 Å². The van der Waals surface area contributed by atoms with Crippen LogP contribution in [0.4, 0.5) is 0 Å². The van der Waals surface area contributed by atoms with E-state index in [0.29, 0.717) is 24.5 Å². The van der Waals surface area contributed by atoms with Gasteiger partial charge in [-0.1, -0.05) is 6.07 Å². The van der Waals surface area contributed by atoms with Crippen LogP contribution in [0.15, 0.2) is 33.4 Å². The molecule has 3 rings (SSSR count). The highest BCUT2D eigenvalue weighted by Crippen LogP contribution is 2.30. The van der Waals surface area contributed by atoms with Crippen molar-refractivity contribution < 1.29 is 9.53 Å². The summed E-state index contributed by atoms with van der Waals surface area (Å²) >= 11 is 5.02. The SMILES string of the molecule is NC(c1csc(Br)c1)c1ccc2c(c1)C(=O)NCCO2. The molecule has 2 aromatic rings. The molecular formula is C14H13BrN2O2S. The number of hydrogen-bond acceptors (Lipinski definition) is 4. The number of rotatable bonds is 2. The third kappa shape index (κ3) is 2.59. The number of carbonyl (C=O) groups is 1. The van der Waals surface area contributed by atoms with Crippen LogP contribution in [0, 0.1) is 0 Å². The first-order valence-electron chi connectivity index (χ1n) is 6.19. The van der Waals surface area contributed by atoms with Gasteiger partial charge in [-0.15, -0.1) is 11.3 Å². The predicted octanol–water partition coefficient (Wildman–Crippen LogP) is 2.68. The minimum absolute atomic E-state index is 0.113. The molecule has 1 amide bonds. The number of nitrogens with one attached hydrogen (secondary N) is 1. The smallest absolute Gasteiger partial charge is 0.255 e. The minimum atomic E-state index is -0.251. The van der Waals surface area contributed by atoms with Crippen LogP contribution in [-0.2, 0) is 0 Å². The number of fused-ring (bicyclic) bond motifs is 1. The van der Waals surface area contributed by atoms with E-state index in [4.69, 9.17) is 10.5 Å². The highest BCUT2D eigenvalue weighted by atomic mass is 79.9. The average Bonchev–Trinajstić information content (AvgIpc) is 2.80. The summed E-state index contributed by atoms with van der Waals surface area (Å²) in [6.07, 6.45) is 0. The number of ether oxygens (including phenoxy) is 1. The van der Waals surface area contributed by atoms with E-state index in [-0.39, 0.29) is 11.9 Å². The Morgan fingerprint density at radius 3 is 2.95 bits per heavy atom. The van der Waals surface area contributed by atoms with Crippen molar-refractivity contribution in [3.8, 4) is 5.75 Å². The summed E-state index contributed by atoms with van der Waals surface area (Å²) in [7, 11) is 0. The summed E-state index contributed by atoms with van der Waals surface area (Å²) in [5.74, 6) is 0.500. The first-order valence-corrected chi connectivity index (χ1v) is 7.87.